The SMILES string of the molecule is FC(F)(F)c1cccc(-c2cc(-c3nc(-c4ccccc4)nc(-c4ccccc4)n3)cc(-c3cccc(C(F)(F)F)c3)c2-n2c3ccc(-n4c5ccccc5c5ccccc54)cc3c3cc(-n4c5ccccc5c5ccccc54)ccc32)c1. The van der Waals surface area contributed by atoms with Crippen LogP contribution >= 0.6 is 0 Å². The highest BCUT2D eigenvalue weighted by atomic mass is 19.4. The highest BCUT2D eigenvalue weighted by Crippen LogP contribution is 2.47. The minimum atomic E-state index is -4.75. The monoisotopic (exact) mass is 1090 g/mol. The van der Waals surface area contributed by atoms with Gasteiger partial charge in [-0.25, -0.2) is 15.0 Å². The lowest BCUT2D eigenvalue weighted by Gasteiger charge is -2.22. The predicted octanol–water partition coefficient (Wildman–Crippen LogP) is 19.5. The third-order valence-corrected chi connectivity index (χ3v) is 15.7. The number of benzene rings is 11. The molecule has 0 aliphatic heterocycles. The largest absolute Gasteiger partial charge is 0.416 e. The summed E-state index contributed by atoms with van der Waals surface area (Å²) in [7, 11) is 0. The number of fused-ring (bicyclic) bond motifs is 9. The summed E-state index contributed by atoms with van der Waals surface area (Å²) in [6.45, 7) is 0. The molecule has 0 atom stereocenters. The first-order valence-electron chi connectivity index (χ1n) is 26.9. The first-order chi connectivity index (χ1) is 40.4. The molecular formula is C71H42F6N6. The normalized spacial score (nSPS) is 12.2. The van der Waals surface area contributed by atoms with Gasteiger partial charge >= 0.3 is 12.4 Å². The molecule has 0 saturated carbocycles. The molecule has 0 amide bonds. The van der Waals surface area contributed by atoms with Crippen LogP contribution < -0.4 is 0 Å². The first kappa shape index (κ1) is 49.5. The zero-order valence-electron chi connectivity index (χ0n) is 43.7. The number of para-hydroxylation sites is 4. The average molecular weight is 1090 g/mol. The van der Waals surface area contributed by atoms with Crippen molar-refractivity contribution < 1.29 is 26.3 Å². The fourth-order valence-electron chi connectivity index (χ4n) is 12.0. The fourth-order valence-corrected chi connectivity index (χ4v) is 12.0. The van der Waals surface area contributed by atoms with E-state index < -0.39 is 23.5 Å². The Kier molecular flexibility index (Phi) is 11.3. The van der Waals surface area contributed by atoms with Gasteiger partial charge < -0.3 is 13.7 Å². The van der Waals surface area contributed by atoms with Gasteiger partial charge in [-0.05, 0) is 108 Å². The van der Waals surface area contributed by atoms with Gasteiger partial charge in [-0.3, -0.25) is 0 Å². The van der Waals surface area contributed by atoms with Gasteiger partial charge in [0.05, 0.1) is 49.9 Å². The number of rotatable bonds is 8. The van der Waals surface area contributed by atoms with Crippen LogP contribution in [-0.4, -0.2) is 28.7 Å². The zero-order valence-corrected chi connectivity index (χ0v) is 43.7. The van der Waals surface area contributed by atoms with Crippen molar-refractivity contribution in [1.29, 1.82) is 0 Å². The fraction of sp³-hybridized carbons (Fsp3) is 0.0282. The van der Waals surface area contributed by atoms with Crippen molar-refractivity contribution in [3.63, 3.8) is 0 Å². The van der Waals surface area contributed by atoms with Crippen molar-refractivity contribution >= 4 is 65.4 Å². The van der Waals surface area contributed by atoms with Gasteiger partial charge in [0.1, 0.15) is 0 Å². The van der Waals surface area contributed by atoms with E-state index in [-0.39, 0.29) is 28.1 Å². The smallest absolute Gasteiger partial charge is 0.309 e. The molecule has 15 aromatic rings. The van der Waals surface area contributed by atoms with Crippen LogP contribution in [0.1, 0.15) is 11.1 Å². The van der Waals surface area contributed by atoms with E-state index >= 15 is 26.3 Å². The lowest BCUT2D eigenvalue weighted by Crippen LogP contribution is -2.07. The van der Waals surface area contributed by atoms with Crippen LogP contribution in [0.4, 0.5) is 26.3 Å². The molecular weight excluding hydrogens is 1050 g/mol. The van der Waals surface area contributed by atoms with Gasteiger partial charge in [0.2, 0.25) is 0 Å². The van der Waals surface area contributed by atoms with Crippen molar-refractivity contribution in [2.75, 3.05) is 0 Å². The second-order valence-electron chi connectivity index (χ2n) is 20.6. The standard InChI is InChI=1S/C71H42F6N6/c72-70(73,74)48-23-15-21-45(37-48)56-39-47(69-79-67(43-17-3-1-4-18-43)78-68(80-69)44-19-5-2-6-20-44)40-57(46-22-16-24-49(38-46)71(75,76)77)66(56)83-64-35-33-50(81-60-29-11-7-25-52(60)53-26-8-12-30-61(53)81)41-58(64)59-42-51(34-36-65(59)83)82-62-31-13-9-27-54(62)55-28-10-14-32-63(55)82/h1-42H. The molecule has 0 spiro atoms. The van der Waals surface area contributed by atoms with E-state index in [0.717, 1.165) is 90.0 Å². The van der Waals surface area contributed by atoms with Crippen molar-refractivity contribution in [3.05, 3.63) is 266 Å². The number of nitrogens with zero attached hydrogens (tertiary/aromatic N) is 6. The topological polar surface area (TPSA) is 53.5 Å². The Labute approximate surface area is 470 Å². The molecule has 0 saturated heterocycles. The number of hydrogen-bond donors (Lipinski definition) is 0. The summed E-state index contributed by atoms with van der Waals surface area (Å²) in [6.07, 6.45) is -9.50. The molecule has 0 bridgehead atoms. The lowest BCUT2D eigenvalue weighted by atomic mass is 9.91. The van der Waals surface area contributed by atoms with Crippen LogP contribution in [0.15, 0.2) is 255 Å². The molecule has 0 aliphatic rings. The molecule has 4 aromatic heterocycles. The molecule has 0 N–H and O–H groups in total. The third kappa shape index (κ3) is 8.31. The van der Waals surface area contributed by atoms with Crippen LogP contribution in [-0.2, 0) is 12.4 Å². The van der Waals surface area contributed by atoms with Crippen molar-refractivity contribution in [1.82, 2.24) is 28.7 Å². The maximum atomic E-state index is 15.1. The van der Waals surface area contributed by atoms with E-state index in [1.54, 1.807) is 24.3 Å². The molecule has 4 heterocycles. The zero-order chi connectivity index (χ0) is 56.1. The summed E-state index contributed by atoms with van der Waals surface area (Å²) in [5.41, 5.74) is 8.01. The van der Waals surface area contributed by atoms with Crippen LogP contribution in [0.25, 0.3) is 139 Å². The van der Waals surface area contributed by atoms with Crippen LogP contribution in [0.2, 0.25) is 0 Å². The van der Waals surface area contributed by atoms with Gasteiger partial charge in [0.25, 0.3) is 0 Å². The summed E-state index contributed by atoms with van der Waals surface area (Å²) >= 11 is 0. The van der Waals surface area contributed by atoms with Crippen molar-refractivity contribution in [2.24, 2.45) is 0 Å². The molecule has 83 heavy (non-hydrogen) atoms. The molecule has 12 heteroatoms. The Balaban J connectivity index is 1.09. The Hall–Kier alpha value is -10.6. The van der Waals surface area contributed by atoms with E-state index in [4.69, 9.17) is 15.0 Å². The van der Waals surface area contributed by atoms with E-state index in [9.17, 15) is 0 Å². The summed E-state index contributed by atoms with van der Waals surface area (Å²) in [5, 5.41) is 5.85. The summed E-state index contributed by atoms with van der Waals surface area (Å²) in [6, 6.07) is 77.4. The summed E-state index contributed by atoms with van der Waals surface area (Å²) in [4.78, 5) is 15.0. The van der Waals surface area contributed by atoms with E-state index in [1.165, 1.54) is 12.1 Å². The predicted molar refractivity (Wildman–Crippen MR) is 320 cm³/mol. The maximum Gasteiger partial charge on any atom is 0.416 e. The number of aromatic nitrogens is 6. The van der Waals surface area contributed by atoms with E-state index in [2.05, 4.69) is 69.8 Å². The van der Waals surface area contributed by atoms with Gasteiger partial charge in [0, 0.05) is 71.5 Å². The minimum Gasteiger partial charge on any atom is -0.309 e. The maximum absolute atomic E-state index is 15.1. The molecule has 6 nitrogen and oxygen atoms in total. The Morgan fingerprint density at radius 2 is 0.578 bits per heavy atom. The first-order valence-corrected chi connectivity index (χ1v) is 26.9. The molecule has 15 rings (SSSR count). The second kappa shape index (κ2) is 19.0. The molecule has 0 unspecified atom stereocenters. The minimum absolute atomic E-state index is 0.152. The van der Waals surface area contributed by atoms with Crippen LogP contribution in [0.5, 0.6) is 0 Å². The van der Waals surface area contributed by atoms with Crippen molar-refractivity contribution in [2.45, 2.75) is 12.4 Å². The molecule has 0 aliphatic carbocycles. The summed E-state index contributed by atoms with van der Waals surface area (Å²) in [5.74, 6) is 0.792. The van der Waals surface area contributed by atoms with Crippen molar-refractivity contribution in [3.8, 4) is 73.5 Å². The molecule has 398 valence electrons. The van der Waals surface area contributed by atoms with Crippen LogP contribution in [0.3, 0.4) is 0 Å². The second-order valence-corrected chi connectivity index (χ2v) is 20.6. The van der Waals surface area contributed by atoms with E-state index in [1.807, 2.05) is 138 Å². The van der Waals surface area contributed by atoms with Gasteiger partial charge in [0.15, 0.2) is 17.5 Å². The van der Waals surface area contributed by atoms with Gasteiger partial charge in [-0.2, -0.15) is 26.3 Å². The van der Waals surface area contributed by atoms with E-state index in [0.29, 0.717) is 45.1 Å². The molecule has 11 aromatic carbocycles. The Morgan fingerprint density at radius 1 is 0.253 bits per heavy atom. The molecule has 0 fully saturated rings. The average Bonchev–Trinajstić information content (AvgIpc) is 2.28. The highest BCUT2D eigenvalue weighted by molar-refractivity contribution is 6.15. The quantitative estimate of drug-likeness (QED) is 0.143. The highest BCUT2D eigenvalue weighted by Gasteiger charge is 2.33. The van der Waals surface area contributed by atoms with Crippen LogP contribution in [0, 0.1) is 0 Å². The van der Waals surface area contributed by atoms with Gasteiger partial charge in [-0.1, -0.05) is 158 Å². The Bertz CT molecular complexity index is 4660. The lowest BCUT2D eigenvalue weighted by molar-refractivity contribution is -0.138. The third-order valence-electron chi connectivity index (χ3n) is 15.7. The number of halogens is 6. The summed E-state index contributed by atoms with van der Waals surface area (Å²) < 4.78 is 97.0. The number of hydrogen-bond acceptors (Lipinski definition) is 3. The van der Waals surface area contributed by atoms with Gasteiger partial charge in [-0.15, -0.1) is 0 Å². The molecule has 0 radical (unpaired) electrons. The number of alkyl halides is 6. The Morgan fingerprint density at radius 3 is 0.952 bits per heavy atom.